The number of nitrogens with zero attached hydrogens (tertiary/aromatic N) is 1. The average Bonchev–Trinajstić information content (AvgIpc) is 2.72. The highest BCUT2D eigenvalue weighted by Gasteiger charge is 2.53. The molecule has 2 atom stereocenters. The molecule has 0 radical (unpaired) electrons. The summed E-state index contributed by atoms with van der Waals surface area (Å²) in [5.74, 6) is 0.841. The molecule has 3 rings (SSSR count). The molecule has 2 N–H and O–H groups in total. The van der Waals surface area contributed by atoms with Gasteiger partial charge < -0.3 is 15.2 Å². The van der Waals surface area contributed by atoms with Crippen LogP contribution in [0.3, 0.4) is 0 Å². The Morgan fingerprint density at radius 1 is 1.25 bits per heavy atom. The first kappa shape index (κ1) is 13.4. The molecule has 1 aromatic rings. The molecule has 2 unspecified atom stereocenters. The molecule has 1 aromatic carbocycles. The van der Waals surface area contributed by atoms with Crippen molar-refractivity contribution in [2.45, 2.75) is 31.3 Å². The van der Waals surface area contributed by atoms with Crippen LogP contribution in [0.1, 0.15) is 24.8 Å². The Hall–Kier alpha value is -1.57. The van der Waals surface area contributed by atoms with Gasteiger partial charge in [-0.05, 0) is 44.0 Å². The van der Waals surface area contributed by atoms with Crippen molar-refractivity contribution in [1.29, 1.82) is 5.26 Å². The summed E-state index contributed by atoms with van der Waals surface area (Å²) in [6, 6.07) is 10.2. The van der Waals surface area contributed by atoms with Crippen molar-refractivity contribution in [2.75, 3.05) is 19.7 Å². The van der Waals surface area contributed by atoms with E-state index in [0.717, 1.165) is 30.8 Å². The molecule has 0 aliphatic carbocycles. The molecule has 0 saturated carbocycles. The SMILES string of the molecule is N#CC1(C2(O)CCCNCC2)COc2ccccc2C1. The largest absolute Gasteiger partial charge is 0.492 e. The van der Waals surface area contributed by atoms with Crippen molar-refractivity contribution < 1.29 is 9.84 Å². The van der Waals surface area contributed by atoms with Crippen LogP contribution in [0.25, 0.3) is 0 Å². The monoisotopic (exact) mass is 272 g/mol. The lowest BCUT2D eigenvalue weighted by Crippen LogP contribution is -2.54. The smallest absolute Gasteiger partial charge is 0.124 e. The number of nitrogens with one attached hydrogen (secondary N) is 1. The van der Waals surface area contributed by atoms with E-state index in [1.54, 1.807) is 0 Å². The Labute approximate surface area is 119 Å². The normalized spacial score (nSPS) is 33.4. The molecule has 4 heteroatoms. The van der Waals surface area contributed by atoms with E-state index in [1.807, 2.05) is 24.3 Å². The molecule has 0 aromatic heterocycles. The van der Waals surface area contributed by atoms with Crippen LogP contribution in [0.4, 0.5) is 0 Å². The maximum atomic E-state index is 11.1. The van der Waals surface area contributed by atoms with E-state index in [2.05, 4.69) is 11.4 Å². The van der Waals surface area contributed by atoms with Gasteiger partial charge in [0.25, 0.3) is 0 Å². The molecule has 1 fully saturated rings. The fourth-order valence-electron chi connectivity index (χ4n) is 3.37. The minimum atomic E-state index is -0.973. The average molecular weight is 272 g/mol. The van der Waals surface area contributed by atoms with Crippen LogP contribution in [-0.4, -0.2) is 30.4 Å². The van der Waals surface area contributed by atoms with Crippen molar-refractivity contribution in [3.05, 3.63) is 29.8 Å². The number of hydrogen-bond acceptors (Lipinski definition) is 4. The number of aliphatic hydroxyl groups is 1. The molecule has 0 amide bonds. The van der Waals surface area contributed by atoms with Crippen LogP contribution in [-0.2, 0) is 6.42 Å². The van der Waals surface area contributed by atoms with Gasteiger partial charge in [0.2, 0.25) is 0 Å². The number of benzene rings is 1. The number of para-hydroxylation sites is 1. The highest BCUT2D eigenvalue weighted by Crippen LogP contribution is 2.45. The van der Waals surface area contributed by atoms with Gasteiger partial charge in [0.15, 0.2) is 0 Å². The van der Waals surface area contributed by atoms with Crippen LogP contribution in [0.2, 0.25) is 0 Å². The van der Waals surface area contributed by atoms with Crippen molar-refractivity contribution in [3.8, 4) is 11.8 Å². The molecule has 2 aliphatic rings. The minimum Gasteiger partial charge on any atom is -0.492 e. The van der Waals surface area contributed by atoms with Crippen molar-refractivity contribution in [2.24, 2.45) is 5.41 Å². The standard InChI is InChI=1S/C16H20N2O2/c17-11-15(16(19)6-3-8-18-9-7-16)10-13-4-1-2-5-14(13)20-12-15/h1-2,4-5,18-19H,3,6-10,12H2. The van der Waals surface area contributed by atoms with Gasteiger partial charge >= 0.3 is 0 Å². The first-order valence-corrected chi connectivity index (χ1v) is 7.24. The van der Waals surface area contributed by atoms with Gasteiger partial charge in [0.05, 0.1) is 11.7 Å². The summed E-state index contributed by atoms with van der Waals surface area (Å²) in [6.45, 7) is 1.93. The van der Waals surface area contributed by atoms with Crippen LogP contribution < -0.4 is 10.1 Å². The second-order valence-corrected chi connectivity index (χ2v) is 5.90. The van der Waals surface area contributed by atoms with Crippen molar-refractivity contribution in [3.63, 3.8) is 0 Å². The molecular formula is C16H20N2O2. The summed E-state index contributed by atoms with van der Waals surface area (Å²) in [5.41, 5.74) is -0.794. The first-order valence-electron chi connectivity index (χ1n) is 7.24. The zero-order valence-corrected chi connectivity index (χ0v) is 11.6. The summed E-state index contributed by atoms with van der Waals surface area (Å²) in [5, 5.41) is 24.2. The lowest BCUT2D eigenvalue weighted by molar-refractivity contribution is -0.0882. The van der Waals surface area contributed by atoms with Crippen molar-refractivity contribution >= 4 is 0 Å². The first-order chi connectivity index (χ1) is 9.69. The predicted octanol–water partition coefficient (Wildman–Crippen LogP) is 1.64. The number of rotatable bonds is 1. The Morgan fingerprint density at radius 2 is 2.10 bits per heavy atom. The van der Waals surface area contributed by atoms with Gasteiger partial charge in [-0.2, -0.15) is 5.26 Å². The van der Waals surface area contributed by atoms with E-state index in [9.17, 15) is 10.4 Å². The highest BCUT2D eigenvalue weighted by atomic mass is 16.5. The van der Waals surface area contributed by atoms with E-state index in [-0.39, 0.29) is 6.61 Å². The summed E-state index contributed by atoms with van der Waals surface area (Å²) in [4.78, 5) is 0. The second kappa shape index (κ2) is 5.08. The van der Waals surface area contributed by atoms with E-state index < -0.39 is 11.0 Å². The zero-order chi connectivity index (χ0) is 14.1. The Morgan fingerprint density at radius 3 is 2.95 bits per heavy atom. The summed E-state index contributed by atoms with van der Waals surface area (Å²) in [7, 11) is 0. The third-order valence-corrected chi connectivity index (χ3v) is 4.70. The Kier molecular flexibility index (Phi) is 3.41. The third kappa shape index (κ3) is 2.07. The Bertz CT molecular complexity index is 530. The second-order valence-electron chi connectivity index (χ2n) is 5.90. The van der Waals surface area contributed by atoms with Gasteiger partial charge in [0.1, 0.15) is 17.8 Å². The van der Waals surface area contributed by atoms with Crippen LogP contribution in [0.5, 0.6) is 5.75 Å². The van der Waals surface area contributed by atoms with Crippen LogP contribution in [0, 0.1) is 16.7 Å². The van der Waals surface area contributed by atoms with E-state index in [1.165, 1.54) is 0 Å². The minimum absolute atomic E-state index is 0.275. The number of fused-ring (bicyclic) bond motifs is 1. The lowest BCUT2D eigenvalue weighted by Gasteiger charge is -2.44. The maximum absolute atomic E-state index is 11.1. The molecule has 0 bridgehead atoms. The fourth-order valence-corrected chi connectivity index (χ4v) is 3.37. The van der Waals surface area contributed by atoms with Gasteiger partial charge in [-0.1, -0.05) is 18.2 Å². The highest BCUT2D eigenvalue weighted by molar-refractivity contribution is 5.38. The van der Waals surface area contributed by atoms with Gasteiger partial charge in [0, 0.05) is 6.42 Å². The van der Waals surface area contributed by atoms with E-state index >= 15 is 0 Å². The van der Waals surface area contributed by atoms with Crippen LogP contribution >= 0.6 is 0 Å². The third-order valence-electron chi connectivity index (χ3n) is 4.70. The van der Waals surface area contributed by atoms with Gasteiger partial charge in [-0.25, -0.2) is 0 Å². The Balaban J connectivity index is 1.95. The van der Waals surface area contributed by atoms with Crippen molar-refractivity contribution in [1.82, 2.24) is 5.32 Å². The fraction of sp³-hybridized carbons (Fsp3) is 0.562. The topological polar surface area (TPSA) is 65.3 Å². The number of hydrogen-bond donors (Lipinski definition) is 2. The zero-order valence-electron chi connectivity index (χ0n) is 11.6. The molecule has 0 spiro atoms. The maximum Gasteiger partial charge on any atom is 0.124 e. The molecule has 2 heterocycles. The summed E-state index contributed by atoms with van der Waals surface area (Å²) >= 11 is 0. The predicted molar refractivity (Wildman–Crippen MR) is 75.4 cm³/mol. The molecular weight excluding hydrogens is 252 g/mol. The van der Waals surface area contributed by atoms with Gasteiger partial charge in [-0.15, -0.1) is 0 Å². The van der Waals surface area contributed by atoms with Gasteiger partial charge in [-0.3, -0.25) is 0 Å². The summed E-state index contributed by atoms with van der Waals surface area (Å²) < 4.78 is 5.79. The molecule has 106 valence electrons. The number of ether oxygens (including phenoxy) is 1. The number of nitriles is 1. The van der Waals surface area contributed by atoms with E-state index in [4.69, 9.17) is 4.74 Å². The summed E-state index contributed by atoms with van der Waals surface area (Å²) in [6.07, 6.45) is 2.71. The lowest BCUT2D eigenvalue weighted by atomic mass is 9.65. The molecule has 1 saturated heterocycles. The van der Waals surface area contributed by atoms with Crippen LogP contribution in [0.15, 0.2) is 24.3 Å². The van der Waals surface area contributed by atoms with E-state index in [0.29, 0.717) is 19.3 Å². The molecule has 4 nitrogen and oxygen atoms in total. The molecule has 2 aliphatic heterocycles. The quantitative estimate of drug-likeness (QED) is 0.815. The molecule has 20 heavy (non-hydrogen) atoms.